The number of carbonyl (C=O) groups excluding carboxylic acids is 2. The van der Waals surface area contributed by atoms with Crippen molar-refractivity contribution in [2.24, 2.45) is 23.2 Å². The maximum Gasteiger partial charge on any atom is 0.308 e. The van der Waals surface area contributed by atoms with Gasteiger partial charge in [0.25, 0.3) is 0 Å². The van der Waals surface area contributed by atoms with Gasteiger partial charge >= 0.3 is 5.97 Å². The van der Waals surface area contributed by atoms with Crippen molar-refractivity contribution in [2.75, 3.05) is 13.2 Å². The number of ether oxygens (including phenoxy) is 2. The van der Waals surface area contributed by atoms with Gasteiger partial charge in [-0.05, 0) is 51.0 Å². The maximum absolute atomic E-state index is 13.7. The van der Waals surface area contributed by atoms with Gasteiger partial charge in [-0.15, -0.1) is 0 Å². The van der Waals surface area contributed by atoms with E-state index in [1.54, 1.807) is 13.8 Å². The second-order valence-corrected chi connectivity index (χ2v) is 13.2. The summed E-state index contributed by atoms with van der Waals surface area (Å²) in [6.45, 7) is 9.88. The molecule has 2 aliphatic rings. The van der Waals surface area contributed by atoms with E-state index in [0.717, 1.165) is 56.9 Å². The highest BCUT2D eigenvalue weighted by Crippen LogP contribution is 2.35. The van der Waals surface area contributed by atoms with Crippen LogP contribution in [0.15, 0.2) is 30.3 Å². The Kier molecular flexibility index (Phi) is 12.2. The summed E-state index contributed by atoms with van der Waals surface area (Å²) in [7, 11) is 0. The highest BCUT2D eigenvalue weighted by Gasteiger charge is 2.46. The number of aliphatic carboxylic acids is 1. The summed E-state index contributed by atoms with van der Waals surface area (Å²) in [6.07, 6.45) is 8.42. The van der Waals surface area contributed by atoms with Crippen LogP contribution in [0.25, 0.3) is 0 Å². The molecule has 5 atom stereocenters. The van der Waals surface area contributed by atoms with Crippen molar-refractivity contribution < 1.29 is 29.0 Å². The number of carboxylic acids is 1. The van der Waals surface area contributed by atoms with Crippen molar-refractivity contribution >= 4 is 17.8 Å². The molecule has 0 bridgehead atoms. The fraction of sp³-hybridized carbons (Fsp3) is 0.727. The van der Waals surface area contributed by atoms with Gasteiger partial charge in [-0.3, -0.25) is 14.4 Å². The summed E-state index contributed by atoms with van der Waals surface area (Å²) in [4.78, 5) is 39.4. The number of rotatable bonds is 14. The van der Waals surface area contributed by atoms with Crippen molar-refractivity contribution in [1.29, 1.82) is 0 Å². The van der Waals surface area contributed by atoms with Gasteiger partial charge in [0.2, 0.25) is 11.8 Å². The molecule has 1 saturated carbocycles. The summed E-state index contributed by atoms with van der Waals surface area (Å²) >= 11 is 0. The first-order valence-electron chi connectivity index (χ1n) is 15.6. The first-order chi connectivity index (χ1) is 19.4. The smallest absolute Gasteiger partial charge is 0.308 e. The van der Waals surface area contributed by atoms with Crippen LogP contribution < -0.4 is 10.6 Å². The Bertz CT molecular complexity index is 995. The van der Waals surface area contributed by atoms with Crippen LogP contribution in [-0.2, 0) is 30.3 Å². The highest BCUT2D eigenvalue weighted by molar-refractivity contribution is 5.83. The molecule has 1 aliphatic carbocycles. The fourth-order valence-electron chi connectivity index (χ4n) is 6.21. The topological polar surface area (TPSA) is 114 Å². The lowest BCUT2D eigenvalue weighted by Crippen LogP contribution is -2.57. The molecule has 1 aromatic carbocycles. The summed E-state index contributed by atoms with van der Waals surface area (Å²) < 4.78 is 11.7. The minimum atomic E-state index is -0.954. The molecule has 2 amide bonds. The lowest BCUT2D eigenvalue weighted by atomic mass is 9.75. The SMILES string of the molecule is CCCCCCC(Cc1ccccc1)C(=O)N[C@H]1CCCC[C@H]1C(CNC(=O)C1OC(C)(C)OCC1(C)C)C(=O)O. The zero-order chi connectivity index (χ0) is 30.0. The Morgan fingerprint density at radius 3 is 2.41 bits per heavy atom. The molecule has 0 aromatic heterocycles. The molecule has 3 rings (SSSR count). The van der Waals surface area contributed by atoms with Gasteiger partial charge in [-0.2, -0.15) is 0 Å². The molecule has 0 radical (unpaired) electrons. The van der Waals surface area contributed by atoms with Gasteiger partial charge in [0.1, 0.15) is 6.10 Å². The van der Waals surface area contributed by atoms with Crippen LogP contribution in [0.2, 0.25) is 0 Å². The van der Waals surface area contributed by atoms with Crippen molar-refractivity contribution in [3.8, 4) is 0 Å². The van der Waals surface area contributed by atoms with Crippen LogP contribution in [0.4, 0.5) is 0 Å². The van der Waals surface area contributed by atoms with E-state index < -0.39 is 29.2 Å². The summed E-state index contributed by atoms with van der Waals surface area (Å²) in [5, 5.41) is 16.4. The van der Waals surface area contributed by atoms with Gasteiger partial charge < -0.3 is 25.2 Å². The molecule has 3 unspecified atom stereocenters. The van der Waals surface area contributed by atoms with Crippen LogP contribution in [0.3, 0.4) is 0 Å². The third-order valence-electron chi connectivity index (χ3n) is 8.72. The Hall–Kier alpha value is -2.45. The van der Waals surface area contributed by atoms with Crippen molar-refractivity contribution in [2.45, 2.75) is 117 Å². The number of benzene rings is 1. The first-order valence-corrected chi connectivity index (χ1v) is 15.6. The van der Waals surface area contributed by atoms with Crippen LogP contribution in [0.5, 0.6) is 0 Å². The summed E-state index contributed by atoms with van der Waals surface area (Å²) in [5.41, 5.74) is 0.584. The minimum absolute atomic E-state index is 0.00705. The quantitative estimate of drug-likeness (QED) is 0.254. The first kappa shape index (κ1) is 33.1. The fourth-order valence-corrected chi connectivity index (χ4v) is 6.21. The largest absolute Gasteiger partial charge is 0.481 e. The number of hydrogen-bond donors (Lipinski definition) is 3. The van der Waals surface area contributed by atoms with Gasteiger partial charge in [0.05, 0.1) is 12.5 Å². The van der Waals surface area contributed by atoms with E-state index in [2.05, 4.69) is 29.7 Å². The predicted octanol–water partition coefficient (Wildman–Crippen LogP) is 5.49. The molecule has 8 heteroatoms. The molecule has 8 nitrogen and oxygen atoms in total. The van der Waals surface area contributed by atoms with E-state index in [0.29, 0.717) is 19.4 Å². The molecule has 2 fully saturated rings. The molecule has 1 aliphatic heterocycles. The molecule has 0 spiro atoms. The van der Waals surface area contributed by atoms with Gasteiger partial charge in [-0.25, -0.2) is 0 Å². The number of hydrogen-bond acceptors (Lipinski definition) is 5. The Balaban J connectivity index is 1.68. The highest BCUT2D eigenvalue weighted by atomic mass is 16.7. The average Bonchev–Trinajstić information content (AvgIpc) is 2.93. The predicted molar refractivity (Wildman–Crippen MR) is 159 cm³/mol. The van der Waals surface area contributed by atoms with E-state index in [-0.39, 0.29) is 36.2 Å². The van der Waals surface area contributed by atoms with E-state index >= 15 is 0 Å². The number of unbranched alkanes of at least 4 members (excludes halogenated alkanes) is 3. The van der Waals surface area contributed by atoms with Crippen molar-refractivity contribution in [3.05, 3.63) is 35.9 Å². The zero-order valence-corrected chi connectivity index (χ0v) is 25.7. The minimum Gasteiger partial charge on any atom is -0.481 e. The number of amides is 2. The van der Waals surface area contributed by atoms with E-state index in [4.69, 9.17) is 9.47 Å². The Labute approximate surface area is 246 Å². The molecule has 41 heavy (non-hydrogen) atoms. The van der Waals surface area contributed by atoms with E-state index in [1.165, 1.54) is 0 Å². The van der Waals surface area contributed by atoms with Crippen LogP contribution in [0, 0.1) is 23.2 Å². The number of carboxylic acid groups (broad SMARTS) is 1. The van der Waals surface area contributed by atoms with Crippen LogP contribution >= 0.6 is 0 Å². The normalized spacial score (nSPS) is 25.0. The number of carbonyl (C=O) groups is 3. The molecule has 3 N–H and O–H groups in total. The molecule has 230 valence electrons. The molecule has 1 saturated heterocycles. The van der Waals surface area contributed by atoms with Crippen LogP contribution in [0.1, 0.15) is 98.0 Å². The van der Waals surface area contributed by atoms with Gasteiger partial charge in [0, 0.05) is 23.9 Å². The standard InChI is InChI=1S/C33H52N2O6/c1-6-7-8-12-17-24(20-23-15-10-9-11-16-23)29(36)35-27-19-14-13-18-25(27)26(31(38)39)21-34-30(37)28-32(2,3)22-40-33(4,5)41-28/h9-11,15-16,24-28H,6-8,12-14,17-22H2,1-5H3,(H,34,37)(H,35,36)(H,38,39)/t24?,25-,26?,27-,28?/m0/s1. The maximum atomic E-state index is 13.7. The lowest BCUT2D eigenvalue weighted by Gasteiger charge is -2.45. The lowest BCUT2D eigenvalue weighted by molar-refractivity contribution is -0.304. The third-order valence-corrected chi connectivity index (χ3v) is 8.72. The van der Waals surface area contributed by atoms with Gasteiger partial charge in [-0.1, -0.05) is 89.6 Å². The molecular weight excluding hydrogens is 520 g/mol. The third kappa shape index (κ3) is 9.81. The van der Waals surface area contributed by atoms with E-state index in [1.807, 2.05) is 32.0 Å². The molecule has 1 heterocycles. The summed E-state index contributed by atoms with van der Waals surface area (Å²) in [5.74, 6) is -3.39. The number of nitrogens with one attached hydrogen (secondary N) is 2. The van der Waals surface area contributed by atoms with Crippen molar-refractivity contribution in [1.82, 2.24) is 10.6 Å². The van der Waals surface area contributed by atoms with Crippen molar-refractivity contribution in [3.63, 3.8) is 0 Å². The Morgan fingerprint density at radius 1 is 1.02 bits per heavy atom. The monoisotopic (exact) mass is 572 g/mol. The van der Waals surface area contributed by atoms with E-state index in [9.17, 15) is 19.5 Å². The van der Waals surface area contributed by atoms with Crippen LogP contribution in [-0.4, -0.2) is 54.0 Å². The van der Waals surface area contributed by atoms with Gasteiger partial charge in [0.15, 0.2) is 5.79 Å². The average molecular weight is 573 g/mol. The molecule has 1 aromatic rings. The Morgan fingerprint density at radius 2 is 1.73 bits per heavy atom. The summed E-state index contributed by atoms with van der Waals surface area (Å²) in [6, 6.07) is 9.85. The zero-order valence-electron chi connectivity index (χ0n) is 25.7. The second-order valence-electron chi connectivity index (χ2n) is 13.2. The second kappa shape index (κ2) is 15.1. The molecular formula is C33H52N2O6.